The normalized spacial score (nSPS) is 12.1. The summed E-state index contributed by atoms with van der Waals surface area (Å²) in [6.45, 7) is 4.08. The number of rotatable bonds is 2. The van der Waals surface area contributed by atoms with E-state index in [-0.39, 0.29) is 11.7 Å². The Kier molecular flexibility index (Phi) is 2.86. The van der Waals surface area contributed by atoms with Crippen LogP contribution in [0.4, 0.5) is 5.69 Å². The molecule has 0 aliphatic rings. The second-order valence-corrected chi connectivity index (χ2v) is 3.15. The fourth-order valence-electron chi connectivity index (χ4n) is 1.25. The third kappa shape index (κ3) is 1.97. The van der Waals surface area contributed by atoms with Crippen molar-refractivity contribution >= 4 is 5.69 Å². The van der Waals surface area contributed by atoms with Gasteiger partial charge in [0.2, 0.25) is 5.39 Å². The van der Waals surface area contributed by atoms with E-state index in [0.717, 1.165) is 12.0 Å². The van der Waals surface area contributed by atoms with Crippen LogP contribution in [0.15, 0.2) is 18.2 Å². The van der Waals surface area contributed by atoms with Crippen molar-refractivity contribution < 1.29 is 5.11 Å². The zero-order chi connectivity index (χ0) is 9.84. The van der Waals surface area contributed by atoms with Gasteiger partial charge in [0.25, 0.3) is 0 Å². The molecule has 0 saturated heterocycles. The quantitative estimate of drug-likeness (QED) is 0.704. The summed E-state index contributed by atoms with van der Waals surface area (Å²) in [5.74, 6) is 0.501. The van der Waals surface area contributed by atoms with Gasteiger partial charge in [-0.15, -0.1) is 0 Å². The van der Waals surface area contributed by atoms with E-state index < -0.39 is 0 Å². The minimum absolute atomic E-state index is 0.211. The molecule has 0 amide bonds. The fourth-order valence-corrected chi connectivity index (χ4v) is 1.25. The molecule has 0 spiro atoms. The van der Waals surface area contributed by atoms with E-state index in [4.69, 9.17) is 5.39 Å². The number of aromatic hydroxyl groups is 1. The maximum Gasteiger partial charge on any atom is 0.388 e. The largest absolute Gasteiger partial charge is 0.508 e. The third-order valence-electron chi connectivity index (χ3n) is 2.26. The van der Waals surface area contributed by atoms with Gasteiger partial charge in [-0.05, 0) is 24.5 Å². The lowest BCUT2D eigenvalue weighted by Crippen LogP contribution is -1.90. The van der Waals surface area contributed by atoms with E-state index in [2.05, 4.69) is 11.9 Å². The van der Waals surface area contributed by atoms with Gasteiger partial charge in [-0.3, -0.25) is 0 Å². The van der Waals surface area contributed by atoms with Crippen molar-refractivity contribution in [3.05, 3.63) is 28.7 Å². The number of nitrogens with zero attached hydrogens (tertiary/aromatic N) is 2. The molecule has 3 nitrogen and oxygen atoms in total. The number of phenols is 1. The molecule has 0 saturated carbocycles. The molecule has 0 fully saturated rings. The molecule has 0 bridgehead atoms. The van der Waals surface area contributed by atoms with Gasteiger partial charge < -0.3 is 5.11 Å². The lowest BCUT2D eigenvalue weighted by molar-refractivity contribution is 0.474. The van der Waals surface area contributed by atoms with Gasteiger partial charge in [0.1, 0.15) is 5.75 Å². The molecule has 0 heterocycles. The summed E-state index contributed by atoms with van der Waals surface area (Å²) in [6.07, 6.45) is 0.950. The monoisotopic (exact) mass is 177 g/mol. The SMILES string of the molecule is CCC(C)c1cc(O)ccc1[N+]#N. The standard InChI is InChI=1S/C10H12N2O/c1-3-7(2)9-6-8(13)4-5-10(9)12-11/h4-7H,3H2,1-2H3/p+1. The van der Waals surface area contributed by atoms with Crippen molar-refractivity contribution in [1.82, 2.24) is 0 Å². The van der Waals surface area contributed by atoms with Crippen molar-refractivity contribution in [3.8, 4) is 5.75 Å². The van der Waals surface area contributed by atoms with Crippen LogP contribution in [0.3, 0.4) is 0 Å². The van der Waals surface area contributed by atoms with Gasteiger partial charge in [-0.2, -0.15) is 0 Å². The van der Waals surface area contributed by atoms with Gasteiger partial charge in [0.05, 0.1) is 5.56 Å². The van der Waals surface area contributed by atoms with Gasteiger partial charge >= 0.3 is 5.69 Å². The summed E-state index contributed by atoms with van der Waals surface area (Å²) in [7, 11) is 0. The first-order valence-corrected chi connectivity index (χ1v) is 4.37. The van der Waals surface area contributed by atoms with E-state index in [1.165, 1.54) is 6.07 Å². The molecule has 1 atom stereocenters. The Morgan fingerprint density at radius 1 is 1.54 bits per heavy atom. The van der Waals surface area contributed by atoms with Crippen LogP contribution in [-0.2, 0) is 0 Å². The molecule has 1 unspecified atom stereocenters. The van der Waals surface area contributed by atoms with Crippen molar-refractivity contribution in [2.75, 3.05) is 0 Å². The summed E-state index contributed by atoms with van der Waals surface area (Å²) >= 11 is 0. The van der Waals surface area contributed by atoms with E-state index in [0.29, 0.717) is 5.69 Å². The van der Waals surface area contributed by atoms with E-state index in [1.54, 1.807) is 12.1 Å². The number of diazo groups is 1. The Balaban J connectivity index is 3.17. The van der Waals surface area contributed by atoms with Crippen molar-refractivity contribution in [2.45, 2.75) is 26.2 Å². The average molecular weight is 177 g/mol. The molecule has 1 aromatic carbocycles. The van der Waals surface area contributed by atoms with Crippen molar-refractivity contribution in [3.63, 3.8) is 0 Å². The third-order valence-corrected chi connectivity index (χ3v) is 2.26. The molecular weight excluding hydrogens is 164 g/mol. The van der Waals surface area contributed by atoms with Gasteiger partial charge in [0.15, 0.2) is 4.98 Å². The van der Waals surface area contributed by atoms with Crippen LogP contribution in [0.2, 0.25) is 0 Å². The van der Waals surface area contributed by atoms with Gasteiger partial charge in [-0.1, -0.05) is 13.8 Å². The first-order chi connectivity index (χ1) is 6.19. The number of hydrogen-bond acceptors (Lipinski definition) is 2. The number of hydrogen-bond donors (Lipinski definition) is 1. The smallest absolute Gasteiger partial charge is 0.388 e. The Labute approximate surface area is 77.6 Å². The Bertz CT molecular complexity index is 341. The zero-order valence-electron chi connectivity index (χ0n) is 7.86. The van der Waals surface area contributed by atoms with Gasteiger partial charge in [-0.25, -0.2) is 0 Å². The Hall–Kier alpha value is -1.56. The summed E-state index contributed by atoms with van der Waals surface area (Å²) in [5.41, 5.74) is 1.41. The highest BCUT2D eigenvalue weighted by Gasteiger charge is 2.18. The van der Waals surface area contributed by atoms with Gasteiger partial charge in [0, 0.05) is 6.07 Å². The van der Waals surface area contributed by atoms with Crippen LogP contribution in [0, 0.1) is 5.39 Å². The second-order valence-electron chi connectivity index (χ2n) is 3.15. The molecule has 68 valence electrons. The van der Waals surface area contributed by atoms with E-state index in [9.17, 15) is 5.11 Å². The van der Waals surface area contributed by atoms with Crippen molar-refractivity contribution in [2.24, 2.45) is 0 Å². The topological polar surface area (TPSA) is 48.4 Å². The first kappa shape index (κ1) is 9.53. The highest BCUT2D eigenvalue weighted by atomic mass is 16.3. The highest BCUT2D eigenvalue weighted by Crippen LogP contribution is 2.31. The highest BCUT2D eigenvalue weighted by molar-refractivity contribution is 5.55. The molecule has 0 aromatic heterocycles. The van der Waals surface area contributed by atoms with Crippen molar-refractivity contribution in [1.29, 1.82) is 5.39 Å². The lowest BCUT2D eigenvalue weighted by atomic mass is 9.97. The minimum Gasteiger partial charge on any atom is -0.508 e. The predicted molar refractivity (Wildman–Crippen MR) is 51.6 cm³/mol. The molecule has 1 aromatic rings. The summed E-state index contributed by atoms with van der Waals surface area (Å²) in [5, 5.41) is 18.0. The zero-order valence-corrected chi connectivity index (χ0v) is 7.86. The maximum atomic E-state index is 9.25. The second kappa shape index (κ2) is 3.90. The molecule has 0 aliphatic heterocycles. The maximum absolute atomic E-state index is 9.25. The summed E-state index contributed by atoms with van der Waals surface area (Å²) in [4.78, 5) is 3.17. The van der Waals surface area contributed by atoms with Crippen LogP contribution in [0.1, 0.15) is 31.7 Å². The lowest BCUT2D eigenvalue weighted by Gasteiger charge is -2.05. The van der Waals surface area contributed by atoms with Crippen LogP contribution in [-0.4, -0.2) is 5.11 Å². The molecule has 13 heavy (non-hydrogen) atoms. The fraction of sp³-hybridized carbons (Fsp3) is 0.400. The van der Waals surface area contributed by atoms with E-state index in [1.807, 2.05) is 6.92 Å². The Morgan fingerprint density at radius 3 is 2.77 bits per heavy atom. The average Bonchev–Trinajstić information content (AvgIpc) is 2.16. The molecule has 1 rings (SSSR count). The molecule has 0 aliphatic carbocycles. The number of phenolic OH excluding ortho intramolecular Hbond substituents is 1. The van der Waals surface area contributed by atoms with Crippen LogP contribution in [0.5, 0.6) is 5.75 Å². The molecule has 1 N–H and O–H groups in total. The van der Waals surface area contributed by atoms with E-state index >= 15 is 0 Å². The van der Waals surface area contributed by atoms with Crippen LogP contribution < -0.4 is 0 Å². The molecule has 3 heteroatoms. The first-order valence-electron chi connectivity index (χ1n) is 4.37. The van der Waals surface area contributed by atoms with Crippen LogP contribution in [0.25, 0.3) is 4.98 Å². The molecular formula is C10H13N2O+. The molecule has 0 radical (unpaired) electrons. The minimum atomic E-state index is 0.211. The predicted octanol–water partition coefficient (Wildman–Crippen LogP) is 3.39. The van der Waals surface area contributed by atoms with Crippen LogP contribution >= 0.6 is 0 Å². The summed E-state index contributed by atoms with van der Waals surface area (Å²) in [6, 6.07) is 4.76. The summed E-state index contributed by atoms with van der Waals surface area (Å²) < 4.78 is 0. The number of benzene rings is 1. The Morgan fingerprint density at radius 2 is 2.23 bits per heavy atom.